The lowest BCUT2D eigenvalue weighted by Gasteiger charge is -2.15. The van der Waals surface area contributed by atoms with Crippen LogP contribution in [0.2, 0.25) is 0 Å². The molecule has 0 bridgehead atoms. The van der Waals surface area contributed by atoms with E-state index in [2.05, 4.69) is 21.5 Å². The molecule has 1 atom stereocenters. The van der Waals surface area contributed by atoms with Gasteiger partial charge in [-0.2, -0.15) is 5.10 Å². The molecule has 6 heteroatoms. The molecule has 0 spiro atoms. The van der Waals surface area contributed by atoms with Gasteiger partial charge in [-0.1, -0.05) is 12.1 Å². The second kappa shape index (κ2) is 8.49. The first-order valence-electron chi connectivity index (χ1n) is 8.96. The van der Waals surface area contributed by atoms with Gasteiger partial charge in [-0.15, -0.1) is 0 Å². The van der Waals surface area contributed by atoms with E-state index < -0.39 is 0 Å². The number of carbonyl (C=O) groups is 1. The topological polar surface area (TPSA) is 69.0 Å². The summed E-state index contributed by atoms with van der Waals surface area (Å²) >= 11 is 0. The molecular weight excluding hydrogens is 340 g/mol. The number of pyridine rings is 1. The molecule has 0 saturated carbocycles. The highest BCUT2D eigenvalue weighted by Gasteiger charge is 2.10. The lowest BCUT2D eigenvalue weighted by molar-refractivity contribution is 0.0932. The van der Waals surface area contributed by atoms with Gasteiger partial charge in [0, 0.05) is 17.5 Å². The molecule has 0 fully saturated rings. The molecule has 3 rings (SSSR count). The fourth-order valence-corrected chi connectivity index (χ4v) is 2.80. The molecule has 0 aliphatic carbocycles. The van der Waals surface area contributed by atoms with Crippen LogP contribution in [0.3, 0.4) is 0 Å². The van der Waals surface area contributed by atoms with Crippen LogP contribution in [0.4, 0.5) is 0 Å². The lowest BCUT2D eigenvalue weighted by Crippen LogP contribution is -2.33. The molecule has 0 saturated heterocycles. The minimum Gasteiger partial charge on any atom is -0.487 e. The Morgan fingerprint density at radius 3 is 2.63 bits per heavy atom. The summed E-state index contributed by atoms with van der Waals surface area (Å²) in [4.78, 5) is 16.3. The Morgan fingerprint density at radius 1 is 1.22 bits per heavy atom. The van der Waals surface area contributed by atoms with Crippen molar-refractivity contribution in [1.82, 2.24) is 20.1 Å². The van der Waals surface area contributed by atoms with Crippen LogP contribution < -0.4 is 10.1 Å². The number of ether oxygens (including phenoxy) is 1. The van der Waals surface area contributed by atoms with E-state index in [0.29, 0.717) is 24.4 Å². The van der Waals surface area contributed by atoms with Gasteiger partial charge in [-0.05, 0) is 56.7 Å². The number of hydrogen-bond acceptors (Lipinski definition) is 4. The first-order valence-corrected chi connectivity index (χ1v) is 8.96. The zero-order valence-corrected chi connectivity index (χ0v) is 15.8. The van der Waals surface area contributed by atoms with Gasteiger partial charge in [0.15, 0.2) is 0 Å². The van der Waals surface area contributed by atoms with Crippen molar-refractivity contribution < 1.29 is 9.53 Å². The van der Waals surface area contributed by atoms with E-state index in [1.54, 1.807) is 12.4 Å². The first kappa shape index (κ1) is 18.6. The SMILES string of the molecule is Cc1cc(C)n(Cc2ccc(C(=O)NC[C@@H](C)Oc3cccnc3)cc2)n1. The summed E-state index contributed by atoms with van der Waals surface area (Å²) in [5, 5.41) is 7.36. The van der Waals surface area contributed by atoms with E-state index in [0.717, 1.165) is 17.0 Å². The molecular formula is C21H24N4O2. The van der Waals surface area contributed by atoms with Crippen molar-refractivity contribution in [2.24, 2.45) is 0 Å². The quantitative estimate of drug-likeness (QED) is 0.699. The van der Waals surface area contributed by atoms with Crippen LogP contribution in [-0.4, -0.2) is 33.3 Å². The minimum absolute atomic E-state index is 0.116. The summed E-state index contributed by atoms with van der Waals surface area (Å²) in [5.41, 5.74) is 3.86. The summed E-state index contributed by atoms with van der Waals surface area (Å²) in [6, 6.07) is 13.3. The number of aromatic nitrogens is 3. The van der Waals surface area contributed by atoms with Crippen LogP contribution in [-0.2, 0) is 6.54 Å². The third kappa shape index (κ3) is 5.17. The second-order valence-corrected chi connectivity index (χ2v) is 6.61. The molecule has 1 amide bonds. The smallest absolute Gasteiger partial charge is 0.251 e. The van der Waals surface area contributed by atoms with Crippen molar-refractivity contribution in [2.45, 2.75) is 33.4 Å². The molecule has 0 aliphatic heterocycles. The monoisotopic (exact) mass is 364 g/mol. The van der Waals surface area contributed by atoms with Gasteiger partial charge in [-0.3, -0.25) is 14.5 Å². The predicted molar refractivity (Wildman–Crippen MR) is 104 cm³/mol. The molecule has 2 heterocycles. The van der Waals surface area contributed by atoms with E-state index in [1.165, 1.54) is 0 Å². The first-order chi connectivity index (χ1) is 13.0. The predicted octanol–water partition coefficient (Wildman–Crippen LogP) is 3.14. The number of amides is 1. The van der Waals surface area contributed by atoms with Crippen LogP contribution >= 0.6 is 0 Å². The Kier molecular flexibility index (Phi) is 5.86. The molecule has 27 heavy (non-hydrogen) atoms. The van der Waals surface area contributed by atoms with Crippen molar-refractivity contribution in [1.29, 1.82) is 0 Å². The standard InChI is InChI=1S/C21H24N4O2/c1-15-11-16(2)25(24-15)14-18-6-8-19(9-7-18)21(26)23-12-17(3)27-20-5-4-10-22-13-20/h4-11,13,17H,12,14H2,1-3H3,(H,23,26)/t17-/m1/s1. The third-order valence-electron chi connectivity index (χ3n) is 4.17. The van der Waals surface area contributed by atoms with Crippen molar-refractivity contribution in [3.8, 4) is 5.75 Å². The minimum atomic E-state index is -0.150. The highest BCUT2D eigenvalue weighted by molar-refractivity contribution is 5.94. The third-order valence-corrected chi connectivity index (χ3v) is 4.17. The van der Waals surface area contributed by atoms with Gasteiger partial charge in [-0.25, -0.2) is 0 Å². The van der Waals surface area contributed by atoms with Crippen LogP contribution in [0, 0.1) is 13.8 Å². The number of benzene rings is 1. The average molecular weight is 364 g/mol. The highest BCUT2D eigenvalue weighted by Crippen LogP contribution is 2.10. The van der Waals surface area contributed by atoms with Crippen molar-refractivity contribution >= 4 is 5.91 Å². The molecule has 1 N–H and O–H groups in total. The van der Waals surface area contributed by atoms with Crippen LogP contribution in [0.25, 0.3) is 0 Å². The Balaban J connectivity index is 1.52. The zero-order chi connectivity index (χ0) is 19.2. The number of nitrogens with zero attached hydrogens (tertiary/aromatic N) is 3. The highest BCUT2D eigenvalue weighted by atomic mass is 16.5. The van der Waals surface area contributed by atoms with E-state index in [9.17, 15) is 4.79 Å². The van der Waals surface area contributed by atoms with E-state index in [4.69, 9.17) is 4.74 Å². The molecule has 140 valence electrons. The molecule has 6 nitrogen and oxygen atoms in total. The Labute approximate surface area is 159 Å². The number of rotatable bonds is 7. The molecule has 0 unspecified atom stereocenters. The largest absolute Gasteiger partial charge is 0.487 e. The fraction of sp³-hybridized carbons (Fsp3) is 0.286. The Bertz CT molecular complexity index is 888. The van der Waals surface area contributed by atoms with Gasteiger partial charge in [0.05, 0.1) is 25.0 Å². The maximum Gasteiger partial charge on any atom is 0.251 e. The second-order valence-electron chi connectivity index (χ2n) is 6.61. The summed E-state index contributed by atoms with van der Waals surface area (Å²) in [5.74, 6) is 0.571. The number of hydrogen-bond donors (Lipinski definition) is 1. The summed E-state index contributed by atoms with van der Waals surface area (Å²) in [6.45, 7) is 7.04. The van der Waals surface area contributed by atoms with E-state index in [1.807, 2.05) is 61.9 Å². The van der Waals surface area contributed by atoms with E-state index >= 15 is 0 Å². The molecule has 3 aromatic rings. The number of aryl methyl sites for hydroxylation is 2. The Morgan fingerprint density at radius 2 is 2.00 bits per heavy atom. The maximum absolute atomic E-state index is 12.3. The van der Waals surface area contributed by atoms with Gasteiger partial charge in [0.2, 0.25) is 0 Å². The summed E-state index contributed by atoms with van der Waals surface area (Å²) in [6.07, 6.45) is 3.20. The normalized spacial score (nSPS) is 11.8. The average Bonchev–Trinajstić information content (AvgIpc) is 2.98. The number of nitrogens with one attached hydrogen (secondary N) is 1. The van der Waals surface area contributed by atoms with Gasteiger partial charge >= 0.3 is 0 Å². The van der Waals surface area contributed by atoms with Crippen LogP contribution in [0.1, 0.15) is 34.2 Å². The van der Waals surface area contributed by atoms with Crippen LogP contribution in [0.15, 0.2) is 54.9 Å². The molecule has 0 aliphatic rings. The van der Waals surface area contributed by atoms with Crippen molar-refractivity contribution in [3.63, 3.8) is 0 Å². The van der Waals surface area contributed by atoms with Gasteiger partial charge < -0.3 is 10.1 Å². The fourth-order valence-electron chi connectivity index (χ4n) is 2.80. The van der Waals surface area contributed by atoms with Crippen LogP contribution in [0.5, 0.6) is 5.75 Å². The zero-order valence-electron chi connectivity index (χ0n) is 15.8. The molecule has 0 radical (unpaired) electrons. The van der Waals surface area contributed by atoms with Crippen molar-refractivity contribution in [3.05, 3.63) is 77.4 Å². The molecule has 1 aromatic carbocycles. The van der Waals surface area contributed by atoms with Crippen molar-refractivity contribution in [2.75, 3.05) is 6.54 Å². The van der Waals surface area contributed by atoms with E-state index in [-0.39, 0.29) is 12.0 Å². The lowest BCUT2D eigenvalue weighted by atomic mass is 10.1. The Hall–Kier alpha value is -3.15. The summed E-state index contributed by atoms with van der Waals surface area (Å²) in [7, 11) is 0. The number of carbonyl (C=O) groups excluding carboxylic acids is 1. The van der Waals surface area contributed by atoms with Gasteiger partial charge in [0.25, 0.3) is 5.91 Å². The van der Waals surface area contributed by atoms with Gasteiger partial charge in [0.1, 0.15) is 11.9 Å². The maximum atomic E-state index is 12.3. The molecule has 2 aromatic heterocycles. The summed E-state index contributed by atoms with van der Waals surface area (Å²) < 4.78 is 7.67.